The topological polar surface area (TPSA) is 65.4 Å². The van der Waals surface area contributed by atoms with E-state index in [2.05, 4.69) is 27.7 Å². The lowest BCUT2D eigenvalue weighted by molar-refractivity contribution is 0.0169. The minimum Gasteiger partial charge on any atom is -0.379 e. The van der Waals surface area contributed by atoms with E-state index in [1.807, 2.05) is 6.07 Å². The van der Waals surface area contributed by atoms with E-state index < -0.39 is 0 Å². The summed E-state index contributed by atoms with van der Waals surface area (Å²) < 4.78 is 5.43. The van der Waals surface area contributed by atoms with Crippen LogP contribution in [-0.2, 0) is 4.74 Å². The molecule has 6 heteroatoms. The van der Waals surface area contributed by atoms with Gasteiger partial charge in [-0.05, 0) is 35.7 Å². The van der Waals surface area contributed by atoms with Crippen molar-refractivity contribution in [2.75, 3.05) is 32.8 Å². The highest BCUT2D eigenvalue weighted by Gasteiger charge is 2.24. The van der Waals surface area contributed by atoms with Gasteiger partial charge in [0, 0.05) is 30.1 Å². The fraction of sp³-hybridized carbons (Fsp3) is 0.333. The zero-order chi connectivity index (χ0) is 16.8. The number of carbonyl (C=O) groups excluding carboxylic acids is 1. The molecule has 0 radical (unpaired) electrons. The van der Waals surface area contributed by atoms with Gasteiger partial charge in [0.05, 0.1) is 30.9 Å². The van der Waals surface area contributed by atoms with E-state index in [0.29, 0.717) is 17.7 Å². The molecule has 3 rings (SSSR count). The Labute approximate surface area is 145 Å². The minimum absolute atomic E-state index is 0.116. The van der Waals surface area contributed by atoms with E-state index in [-0.39, 0.29) is 11.9 Å². The van der Waals surface area contributed by atoms with Crippen LogP contribution in [0.3, 0.4) is 0 Å². The molecular weight excluding hydrogens is 322 g/mol. The Morgan fingerprint density at radius 3 is 2.67 bits per heavy atom. The van der Waals surface area contributed by atoms with Crippen molar-refractivity contribution >= 4 is 17.2 Å². The summed E-state index contributed by atoms with van der Waals surface area (Å²) >= 11 is 1.71. The first-order valence-electron chi connectivity index (χ1n) is 7.91. The molecule has 24 heavy (non-hydrogen) atoms. The van der Waals surface area contributed by atoms with Crippen molar-refractivity contribution in [3.63, 3.8) is 0 Å². The molecule has 1 fully saturated rings. The van der Waals surface area contributed by atoms with Crippen LogP contribution in [0.25, 0.3) is 0 Å². The molecule has 2 heterocycles. The van der Waals surface area contributed by atoms with E-state index in [1.54, 1.807) is 35.6 Å². The molecule has 1 amide bonds. The minimum atomic E-state index is -0.116. The van der Waals surface area contributed by atoms with Crippen molar-refractivity contribution in [3.8, 4) is 6.07 Å². The van der Waals surface area contributed by atoms with Gasteiger partial charge in [0.15, 0.2) is 0 Å². The molecule has 2 aromatic rings. The highest BCUT2D eigenvalue weighted by atomic mass is 32.1. The summed E-state index contributed by atoms with van der Waals surface area (Å²) in [6.45, 7) is 3.75. The normalized spacial score (nSPS) is 16.3. The number of ether oxygens (including phenoxy) is 1. The van der Waals surface area contributed by atoms with E-state index >= 15 is 0 Å². The van der Waals surface area contributed by atoms with Crippen LogP contribution >= 0.6 is 11.3 Å². The molecule has 0 saturated carbocycles. The van der Waals surface area contributed by atoms with Crippen molar-refractivity contribution in [2.45, 2.75) is 6.04 Å². The van der Waals surface area contributed by atoms with Crippen LogP contribution in [-0.4, -0.2) is 43.7 Å². The lowest BCUT2D eigenvalue weighted by atomic mass is 10.1. The van der Waals surface area contributed by atoms with Gasteiger partial charge in [-0.2, -0.15) is 5.26 Å². The first kappa shape index (κ1) is 16.7. The molecular formula is C18H19N3O2S. The predicted molar refractivity (Wildman–Crippen MR) is 92.9 cm³/mol. The van der Waals surface area contributed by atoms with Crippen molar-refractivity contribution in [3.05, 3.63) is 57.8 Å². The largest absolute Gasteiger partial charge is 0.379 e. The molecule has 1 aromatic heterocycles. The molecule has 0 unspecified atom stereocenters. The Morgan fingerprint density at radius 1 is 1.29 bits per heavy atom. The molecule has 0 aliphatic carbocycles. The molecule has 5 nitrogen and oxygen atoms in total. The number of rotatable bonds is 5. The van der Waals surface area contributed by atoms with Gasteiger partial charge < -0.3 is 10.1 Å². The maximum Gasteiger partial charge on any atom is 0.251 e. The summed E-state index contributed by atoms with van der Waals surface area (Å²) in [7, 11) is 0. The van der Waals surface area contributed by atoms with Gasteiger partial charge in [0.25, 0.3) is 5.91 Å². The second kappa shape index (κ2) is 8.06. The summed E-state index contributed by atoms with van der Waals surface area (Å²) in [4.78, 5) is 16.0. The summed E-state index contributed by atoms with van der Waals surface area (Å²) in [5, 5.41) is 13.9. The lowest BCUT2D eigenvalue weighted by Crippen LogP contribution is -2.43. The molecule has 124 valence electrons. The van der Waals surface area contributed by atoms with E-state index in [4.69, 9.17) is 10.00 Å². The van der Waals surface area contributed by atoms with Crippen LogP contribution in [0, 0.1) is 11.3 Å². The Kier molecular flexibility index (Phi) is 5.59. The SMILES string of the molecule is N#Cc1ccc(C(=O)NC[C@H](c2cccs2)N2CCOCC2)cc1. The van der Waals surface area contributed by atoms with Crippen molar-refractivity contribution in [2.24, 2.45) is 0 Å². The molecule has 0 bridgehead atoms. The van der Waals surface area contributed by atoms with Crippen molar-refractivity contribution in [1.29, 1.82) is 5.26 Å². The molecule has 1 aliphatic heterocycles. The van der Waals surface area contributed by atoms with E-state index in [9.17, 15) is 4.79 Å². The summed E-state index contributed by atoms with van der Waals surface area (Å²) in [6, 6.07) is 13.1. The third-order valence-electron chi connectivity index (χ3n) is 4.09. The second-order valence-corrected chi connectivity index (χ2v) is 6.56. The van der Waals surface area contributed by atoms with Gasteiger partial charge in [-0.1, -0.05) is 6.07 Å². The monoisotopic (exact) mass is 341 g/mol. The highest BCUT2D eigenvalue weighted by molar-refractivity contribution is 7.10. The molecule has 0 spiro atoms. The standard InChI is InChI=1S/C18H19N3O2S/c19-12-14-3-5-15(6-4-14)18(22)20-13-16(17-2-1-11-24-17)21-7-9-23-10-8-21/h1-6,11,16H,7-10,13H2,(H,20,22)/t16-/m1/s1. The van der Waals surface area contributed by atoms with Crippen molar-refractivity contribution < 1.29 is 9.53 Å². The van der Waals surface area contributed by atoms with Gasteiger partial charge in [0.2, 0.25) is 0 Å². The van der Waals surface area contributed by atoms with Gasteiger partial charge in [-0.3, -0.25) is 9.69 Å². The first-order valence-corrected chi connectivity index (χ1v) is 8.79. The fourth-order valence-corrected chi connectivity index (χ4v) is 3.63. The molecule has 1 aromatic carbocycles. The number of thiophene rings is 1. The number of nitrogens with one attached hydrogen (secondary N) is 1. The zero-order valence-electron chi connectivity index (χ0n) is 13.3. The van der Waals surface area contributed by atoms with Gasteiger partial charge in [-0.25, -0.2) is 0 Å². The summed E-state index contributed by atoms with van der Waals surface area (Å²) in [5.41, 5.74) is 1.12. The molecule has 1 N–H and O–H groups in total. The Balaban J connectivity index is 1.66. The average Bonchev–Trinajstić information content (AvgIpc) is 3.17. The number of amides is 1. The average molecular weight is 341 g/mol. The number of carbonyl (C=O) groups is 1. The smallest absolute Gasteiger partial charge is 0.251 e. The van der Waals surface area contributed by atoms with Crippen LogP contribution < -0.4 is 5.32 Å². The Hall–Kier alpha value is -2.20. The number of benzene rings is 1. The summed E-state index contributed by atoms with van der Waals surface area (Å²) in [5.74, 6) is -0.116. The quantitative estimate of drug-likeness (QED) is 0.907. The second-order valence-electron chi connectivity index (χ2n) is 5.58. The molecule has 1 saturated heterocycles. The van der Waals surface area contributed by atoms with Crippen LogP contribution in [0.2, 0.25) is 0 Å². The lowest BCUT2D eigenvalue weighted by Gasteiger charge is -2.34. The number of hydrogen-bond donors (Lipinski definition) is 1. The Bertz CT molecular complexity index is 701. The van der Waals surface area contributed by atoms with E-state index in [0.717, 1.165) is 26.3 Å². The van der Waals surface area contributed by atoms with Crippen molar-refractivity contribution in [1.82, 2.24) is 10.2 Å². The molecule has 1 atom stereocenters. The van der Waals surface area contributed by atoms with Gasteiger partial charge in [-0.15, -0.1) is 11.3 Å². The van der Waals surface area contributed by atoms with Crippen LogP contribution in [0.15, 0.2) is 41.8 Å². The number of hydrogen-bond acceptors (Lipinski definition) is 5. The fourth-order valence-electron chi connectivity index (χ4n) is 2.77. The maximum atomic E-state index is 12.4. The number of nitrogens with zero attached hydrogens (tertiary/aromatic N) is 2. The first-order chi connectivity index (χ1) is 11.8. The zero-order valence-corrected chi connectivity index (χ0v) is 14.1. The predicted octanol–water partition coefficient (Wildman–Crippen LogP) is 2.42. The van der Waals surface area contributed by atoms with Crippen LogP contribution in [0.5, 0.6) is 0 Å². The number of nitriles is 1. The highest BCUT2D eigenvalue weighted by Crippen LogP contribution is 2.25. The number of morpholine rings is 1. The van der Waals surface area contributed by atoms with Crippen LogP contribution in [0.4, 0.5) is 0 Å². The summed E-state index contributed by atoms with van der Waals surface area (Å²) in [6.07, 6.45) is 0. The third kappa shape index (κ3) is 4.01. The van der Waals surface area contributed by atoms with Gasteiger partial charge >= 0.3 is 0 Å². The van der Waals surface area contributed by atoms with E-state index in [1.165, 1.54) is 4.88 Å². The maximum absolute atomic E-state index is 12.4. The third-order valence-corrected chi connectivity index (χ3v) is 5.06. The van der Waals surface area contributed by atoms with Crippen LogP contribution in [0.1, 0.15) is 26.8 Å². The van der Waals surface area contributed by atoms with Gasteiger partial charge in [0.1, 0.15) is 0 Å². The molecule has 1 aliphatic rings. The Morgan fingerprint density at radius 2 is 2.04 bits per heavy atom.